The molecule has 1 aliphatic carbocycles. The van der Waals surface area contributed by atoms with Gasteiger partial charge in [-0.3, -0.25) is 0 Å². The van der Waals surface area contributed by atoms with Gasteiger partial charge in [-0.2, -0.15) is 0 Å². The van der Waals surface area contributed by atoms with Crippen LogP contribution in [0.15, 0.2) is 18.2 Å². The van der Waals surface area contributed by atoms with E-state index in [1.165, 1.54) is 18.5 Å². The van der Waals surface area contributed by atoms with Crippen molar-refractivity contribution in [2.75, 3.05) is 18.5 Å². The van der Waals surface area contributed by atoms with Crippen LogP contribution < -0.4 is 4.90 Å². The summed E-state index contributed by atoms with van der Waals surface area (Å²) in [5.41, 5.74) is 5.09. The molecule has 0 amide bonds. The van der Waals surface area contributed by atoms with Gasteiger partial charge < -0.3 is 4.90 Å². The number of hydrogen-bond donors (Lipinski definition) is 0. The molecule has 18 heavy (non-hydrogen) atoms. The van der Waals surface area contributed by atoms with Crippen LogP contribution in [-0.4, -0.2) is 13.6 Å². The summed E-state index contributed by atoms with van der Waals surface area (Å²) >= 11 is 0. The van der Waals surface area contributed by atoms with Gasteiger partial charge in [0.25, 0.3) is 0 Å². The Balaban J connectivity index is 2.55. The molecule has 0 saturated carbocycles. The Bertz CT molecular complexity index is 443. The van der Waals surface area contributed by atoms with E-state index in [0.29, 0.717) is 10.8 Å². The lowest BCUT2D eigenvalue weighted by Gasteiger charge is -2.42. The van der Waals surface area contributed by atoms with Crippen LogP contribution in [0.25, 0.3) is 0 Å². The van der Waals surface area contributed by atoms with Crippen molar-refractivity contribution in [2.24, 2.45) is 0 Å². The maximum atomic E-state index is 2.42. The van der Waals surface area contributed by atoms with E-state index in [1.54, 1.807) is 11.1 Å². The first-order chi connectivity index (χ1) is 8.28. The Kier molecular flexibility index (Phi) is 3.21. The summed E-state index contributed by atoms with van der Waals surface area (Å²) in [5, 5.41) is 0. The zero-order chi connectivity index (χ0) is 13.6. The summed E-state index contributed by atoms with van der Waals surface area (Å²) in [4.78, 5) is 2.32. The monoisotopic (exact) mass is 245 g/mol. The lowest BCUT2D eigenvalue weighted by atomic mass is 9.63. The third kappa shape index (κ3) is 2.15. The second-order valence-electron chi connectivity index (χ2n) is 7.01. The maximum absolute atomic E-state index is 2.42. The van der Waals surface area contributed by atoms with Gasteiger partial charge in [0.05, 0.1) is 0 Å². The van der Waals surface area contributed by atoms with Crippen molar-refractivity contribution in [1.82, 2.24) is 0 Å². The number of rotatable bonds is 2. The maximum Gasteiger partial charge on any atom is 0.0366 e. The third-order valence-corrected chi connectivity index (χ3v) is 4.75. The number of hydrogen-bond acceptors (Lipinski definition) is 1. The number of benzene rings is 1. The second kappa shape index (κ2) is 4.29. The van der Waals surface area contributed by atoms with Crippen LogP contribution >= 0.6 is 0 Å². The van der Waals surface area contributed by atoms with E-state index in [9.17, 15) is 0 Å². The van der Waals surface area contributed by atoms with E-state index in [-0.39, 0.29) is 0 Å². The molecule has 1 heteroatoms. The van der Waals surface area contributed by atoms with Gasteiger partial charge >= 0.3 is 0 Å². The minimum Gasteiger partial charge on any atom is -0.375 e. The number of nitrogens with zero attached hydrogens (tertiary/aromatic N) is 1. The number of anilines is 1. The quantitative estimate of drug-likeness (QED) is 0.742. The fourth-order valence-electron chi connectivity index (χ4n) is 3.00. The molecule has 1 nitrogen and oxygen atoms in total. The van der Waals surface area contributed by atoms with Gasteiger partial charge in [-0.05, 0) is 53.9 Å². The van der Waals surface area contributed by atoms with Crippen LogP contribution in [0.5, 0.6) is 0 Å². The molecule has 100 valence electrons. The fraction of sp³-hybridized carbons (Fsp3) is 0.647. The molecule has 0 aliphatic heterocycles. The van der Waals surface area contributed by atoms with E-state index in [1.807, 2.05) is 0 Å². The van der Waals surface area contributed by atoms with Gasteiger partial charge in [0, 0.05) is 19.3 Å². The highest BCUT2D eigenvalue weighted by Gasteiger charge is 2.36. The van der Waals surface area contributed by atoms with Crippen LogP contribution in [0.1, 0.15) is 58.6 Å². The van der Waals surface area contributed by atoms with Crippen molar-refractivity contribution < 1.29 is 0 Å². The predicted octanol–water partition coefficient (Wildman–Crippen LogP) is 4.49. The molecule has 0 bridgehead atoms. The standard InChI is InChI=1S/C17H27N/c1-7-18(6)13-8-9-14-15(12-13)17(4,5)11-10-16(14,2)3/h8-9,12H,7,10-11H2,1-6H3. The molecule has 0 fully saturated rings. The molecule has 0 saturated heterocycles. The first-order valence-electron chi connectivity index (χ1n) is 7.14. The van der Waals surface area contributed by atoms with Gasteiger partial charge in [-0.25, -0.2) is 0 Å². The Labute approximate surface area is 112 Å². The summed E-state index contributed by atoms with van der Waals surface area (Å²) in [7, 11) is 2.17. The van der Waals surface area contributed by atoms with Gasteiger partial charge in [0.2, 0.25) is 0 Å². The lowest BCUT2D eigenvalue weighted by molar-refractivity contribution is 0.332. The zero-order valence-electron chi connectivity index (χ0n) is 12.8. The molecular weight excluding hydrogens is 218 g/mol. The van der Waals surface area contributed by atoms with Gasteiger partial charge in [-0.15, -0.1) is 0 Å². The molecule has 0 heterocycles. The first kappa shape index (κ1) is 13.5. The van der Waals surface area contributed by atoms with Crippen molar-refractivity contribution in [3.05, 3.63) is 29.3 Å². The molecule has 0 radical (unpaired) electrons. The SMILES string of the molecule is CCN(C)c1ccc2c(c1)C(C)(C)CCC2(C)C. The smallest absolute Gasteiger partial charge is 0.0366 e. The van der Waals surface area contributed by atoms with Gasteiger partial charge in [0.15, 0.2) is 0 Å². The van der Waals surface area contributed by atoms with E-state index < -0.39 is 0 Å². The van der Waals surface area contributed by atoms with Gasteiger partial charge in [-0.1, -0.05) is 33.8 Å². The van der Waals surface area contributed by atoms with Crippen molar-refractivity contribution in [1.29, 1.82) is 0 Å². The summed E-state index contributed by atoms with van der Waals surface area (Å²) in [6, 6.07) is 7.06. The van der Waals surface area contributed by atoms with Crippen molar-refractivity contribution >= 4 is 5.69 Å². The van der Waals surface area contributed by atoms with Crippen molar-refractivity contribution in [3.63, 3.8) is 0 Å². The normalized spacial score (nSPS) is 20.3. The Morgan fingerprint density at radius 3 is 2.11 bits per heavy atom. The molecule has 1 aliphatic rings. The van der Waals surface area contributed by atoms with E-state index in [0.717, 1.165) is 6.54 Å². The second-order valence-corrected chi connectivity index (χ2v) is 7.01. The van der Waals surface area contributed by atoms with Gasteiger partial charge in [0.1, 0.15) is 0 Å². The largest absolute Gasteiger partial charge is 0.375 e. The molecule has 1 aromatic rings. The fourth-order valence-corrected chi connectivity index (χ4v) is 3.00. The molecule has 0 N–H and O–H groups in total. The predicted molar refractivity (Wildman–Crippen MR) is 80.7 cm³/mol. The highest BCUT2D eigenvalue weighted by molar-refractivity contribution is 5.54. The van der Waals surface area contributed by atoms with Crippen LogP contribution in [0.4, 0.5) is 5.69 Å². The molecule has 0 aromatic heterocycles. The summed E-state index contributed by atoms with van der Waals surface area (Å²) in [5.74, 6) is 0. The Morgan fingerprint density at radius 2 is 1.56 bits per heavy atom. The lowest BCUT2D eigenvalue weighted by Crippen LogP contribution is -2.34. The van der Waals surface area contributed by atoms with Crippen LogP contribution in [0.3, 0.4) is 0 Å². The van der Waals surface area contributed by atoms with Crippen LogP contribution in [-0.2, 0) is 10.8 Å². The average Bonchev–Trinajstić information content (AvgIpc) is 2.34. The van der Waals surface area contributed by atoms with E-state index in [4.69, 9.17) is 0 Å². The van der Waals surface area contributed by atoms with Crippen LogP contribution in [0, 0.1) is 0 Å². The molecule has 0 spiro atoms. The molecule has 2 rings (SSSR count). The number of fused-ring (bicyclic) bond motifs is 1. The van der Waals surface area contributed by atoms with Crippen LogP contribution in [0.2, 0.25) is 0 Å². The van der Waals surface area contributed by atoms with E-state index >= 15 is 0 Å². The molecular formula is C17H27N. The first-order valence-corrected chi connectivity index (χ1v) is 7.14. The minimum absolute atomic E-state index is 0.315. The topological polar surface area (TPSA) is 3.24 Å². The minimum atomic E-state index is 0.315. The highest BCUT2D eigenvalue weighted by Crippen LogP contribution is 2.46. The Hall–Kier alpha value is -0.980. The summed E-state index contributed by atoms with van der Waals surface area (Å²) in [6.07, 6.45) is 2.57. The van der Waals surface area contributed by atoms with E-state index in [2.05, 4.69) is 64.8 Å². The third-order valence-electron chi connectivity index (χ3n) is 4.75. The van der Waals surface area contributed by atoms with Crippen molar-refractivity contribution in [3.8, 4) is 0 Å². The summed E-state index contributed by atoms with van der Waals surface area (Å²) < 4.78 is 0. The summed E-state index contributed by atoms with van der Waals surface area (Å²) in [6.45, 7) is 12.8. The Morgan fingerprint density at radius 1 is 1.00 bits per heavy atom. The van der Waals surface area contributed by atoms with Crippen molar-refractivity contribution in [2.45, 2.75) is 58.3 Å². The molecule has 0 unspecified atom stereocenters. The highest BCUT2D eigenvalue weighted by atomic mass is 15.1. The molecule has 0 atom stereocenters. The molecule has 1 aromatic carbocycles. The average molecular weight is 245 g/mol. The zero-order valence-corrected chi connectivity index (χ0v) is 12.8.